The number of benzene rings is 7. The Bertz CT molecular complexity index is 3480. The quantitative estimate of drug-likeness (QED) is 0.152. The maximum atomic E-state index is 11.8. The molecular weight excluding hydrogens is 767 g/mol. The van der Waals surface area contributed by atoms with E-state index < -0.39 is 0 Å². The minimum absolute atomic E-state index is 0.0275. The number of hydrogen-bond acceptors (Lipinski definition) is 1. The molecule has 3 N–H and O–H groups in total. The number of carbonyl (C=O) groups is 1. The van der Waals surface area contributed by atoms with Gasteiger partial charge in [-0.3, -0.25) is 4.79 Å². The molecule has 4 heteroatoms. The van der Waals surface area contributed by atoms with E-state index in [1.54, 1.807) is 0 Å². The zero-order chi connectivity index (χ0) is 44.5. The predicted molar refractivity (Wildman–Crippen MR) is 271 cm³/mol. The van der Waals surface area contributed by atoms with Gasteiger partial charge in [0.25, 0.3) is 0 Å². The highest BCUT2D eigenvalue weighted by atomic mass is 16.1. The second-order valence-electron chi connectivity index (χ2n) is 22.2. The third kappa shape index (κ3) is 6.86. The normalized spacial score (nSPS) is 13.1. The van der Waals surface area contributed by atoms with Crippen molar-refractivity contribution in [3.8, 4) is 33.4 Å². The van der Waals surface area contributed by atoms with Crippen LogP contribution in [0.4, 0.5) is 0 Å². The molecule has 10 aromatic rings. The molecule has 10 rings (SSSR count). The first-order valence-corrected chi connectivity index (χ1v) is 22.5. The van der Waals surface area contributed by atoms with Gasteiger partial charge in [0, 0.05) is 71.1 Å². The molecule has 0 spiro atoms. The molecule has 0 atom stereocenters. The molecule has 63 heavy (non-hydrogen) atoms. The van der Waals surface area contributed by atoms with Crippen molar-refractivity contribution in [2.75, 3.05) is 0 Å². The summed E-state index contributed by atoms with van der Waals surface area (Å²) in [7, 11) is 0. The van der Waals surface area contributed by atoms with Crippen molar-refractivity contribution in [1.29, 1.82) is 0 Å². The summed E-state index contributed by atoms with van der Waals surface area (Å²) < 4.78 is 0. The SMILES string of the molecule is CC(C)(C)c1ccc2[nH]c3c(-c4ccc5[nH]c6c(-c7ccc(C=O)cc7)cc(-c7cc(C(C)(C)C)cc8c7[nH]c7ccc(C(C)(C)C)cc78)cc6c5c4)cc(C(C)(C)C)cc3c2c1. The second-order valence-corrected chi connectivity index (χ2v) is 22.2. The van der Waals surface area contributed by atoms with Crippen LogP contribution in [0.25, 0.3) is 98.8 Å². The maximum Gasteiger partial charge on any atom is 0.150 e. The average Bonchev–Trinajstić information content (AvgIpc) is 3.92. The van der Waals surface area contributed by atoms with Crippen molar-refractivity contribution in [3.05, 3.63) is 143 Å². The van der Waals surface area contributed by atoms with Crippen molar-refractivity contribution >= 4 is 71.7 Å². The standard InChI is InChI=1S/C59H59N3O/c1-56(2,3)37-18-21-51-45(26-37)48-30-39(58(7,8)9)28-42(54(48)61-51)35-17-20-50-44(23-35)47-25-36(24-41(53(47)60-50)34-15-13-33(32-63)14-16-34)43-29-40(59(10,11)12)31-49-46-27-38(57(4,5)6)19-22-52(46)62-55(43)49/h13-32,60-62H,1-12H3. The summed E-state index contributed by atoms with van der Waals surface area (Å²) in [5.74, 6) is 0. The van der Waals surface area contributed by atoms with Gasteiger partial charge in [0.1, 0.15) is 6.29 Å². The van der Waals surface area contributed by atoms with Crippen LogP contribution in [0.1, 0.15) is 116 Å². The number of aromatic nitrogens is 3. The van der Waals surface area contributed by atoms with Crippen LogP contribution in [0.5, 0.6) is 0 Å². The first-order chi connectivity index (χ1) is 29.7. The van der Waals surface area contributed by atoms with E-state index in [2.05, 4.69) is 201 Å². The van der Waals surface area contributed by atoms with Crippen molar-refractivity contribution in [2.24, 2.45) is 0 Å². The third-order valence-electron chi connectivity index (χ3n) is 13.6. The Labute approximate surface area is 371 Å². The molecule has 0 aliphatic carbocycles. The number of fused-ring (bicyclic) bond motifs is 9. The van der Waals surface area contributed by atoms with Gasteiger partial charge in [-0.05, 0) is 133 Å². The van der Waals surface area contributed by atoms with Crippen LogP contribution >= 0.6 is 0 Å². The summed E-state index contributed by atoms with van der Waals surface area (Å²) in [6, 6.07) is 43.1. The lowest BCUT2D eigenvalue weighted by atomic mass is 9.83. The summed E-state index contributed by atoms with van der Waals surface area (Å²) in [6.45, 7) is 27.6. The van der Waals surface area contributed by atoms with Gasteiger partial charge in [0.15, 0.2) is 0 Å². The molecule has 3 aromatic heterocycles. The Morgan fingerprint density at radius 3 is 1.13 bits per heavy atom. The Balaban J connectivity index is 1.27. The number of hydrogen-bond donors (Lipinski definition) is 3. The van der Waals surface area contributed by atoms with Crippen LogP contribution in [0.2, 0.25) is 0 Å². The van der Waals surface area contributed by atoms with Gasteiger partial charge in [-0.25, -0.2) is 0 Å². The first-order valence-electron chi connectivity index (χ1n) is 22.5. The lowest BCUT2D eigenvalue weighted by molar-refractivity contribution is 0.112. The largest absolute Gasteiger partial charge is 0.354 e. The van der Waals surface area contributed by atoms with Crippen molar-refractivity contribution in [1.82, 2.24) is 15.0 Å². The van der Waals surface area contributed by atoms with E-state index in [1.807, 2.05) is 12.1 Å². The molecule has 3 heterocycles. The smallest absolute Gasteiger partial charge is 0.150 e. The lowest BCUT2D eigenvalue weighted by Crippen LogP contribution is -2.11. The van der Waals surface area contributed by atoms with Crippen molar-refractivity contribution < 1.29 is 4.79 Å². The van der Waals surface area contributed by atoms with Crippen LogP contribution in [0.15, 0.2) is 115 Å². The van der Waals surface area contributed by atoms with E-state index in [4.69, 9.17) is 0 Å². The van der Waals surface area contributed by atoms with Gasteiger partial charge >= 0.3 is 0 Å². The lowest BCUT2D eigenvalue weighted by Gasteiger charge is -2.21. The molecule has 0 fully saturated rings. The van der Waals surface area contributed by atoms with Gasteiger partial charge in [0.2, 0.25) is 0 Å². The summed E-state index contributed by atoms with van der Waals surface area (Å²) in [6.07, 6.45) is 0.915. The Hall–Kier alpha value is -6.39. The molecule has 0 bridgehead atoms. The maximum absolute atomic E-state index is 11.8. The molecule has 0 amide bonds. The van der Waals surface area contributed by atoms with Crippen molar-refractivity contribution in [2.45, 2.75) is 105 Å². The zero-order valence-corrected chi connectivity index (χ0v) is 39.0. The Kier molecular flexibility index (Phi) is 8.91. The van der Waals surface area contributed by atoms with Crippen LogP contribution in [-0.2, 0) is 21.7 Å². The number of H-pyrrole nitrogens is 3. The minimum atomic E-state index is -0.0781. The van der Waals surface area contributed by atoms with E-state index >= 15 is 0 Å². The van der Waals surface area contributed by atoms with Crippen LogP contribution in [0.3, 0.4) is 0 Å². The predicted octanol–water partition coefficient (Wildman–Crippen LogP) is 16.6. The zero-order valence-electron chi connectivity index (χ0n) is 39.0. The fourth-order valence-electron chi connectivity index (χ4n) is 9.55. The number of nitrogens with one attached hydrogen (secondary N) is 3. The summed E-state index contributed by atoms with van der Waals surface area (Å²) in [4.78, 5) is 23.5. The fourth-order valence-corrected chi connectivity index (χ4v) is 9.55. The molecule has 0 saturated heterocycles. The second kappa shape index (κ2) is 13.8. The van der Waals surface area contributed by atoms with Crippen LogP contribution in [0, 0.1) is 0 Å². The highest BCUT2D eigenvalue weighted by Gasteiger charge is 2.25. The highest BCUT2D eigenvalue weighted by Crippen LogP contribution is 2.45. The third-order valence-corrected chi connectivity index (χ3v) is 13.6. The van der Waals surface area contributed by atoms with Crippen LogP contribution < -0.4 is 0 Å². The molecular formula is C59H59N3O. The van der Waals surface area contributed by atoms with Crippen molar-refractivity contribution in [3.63, 3.8) is 0 Å². The van der Waals surface area contributed by atoms with E-state index in [1.165, 1.54) is 65.9 Å². The molecule has 0 radical (unpaired) electrons. The topological polar surface area (TPSA) is 64.4 Å². The Morgan fingerprint density at radius 1 is 0.333 bits per heavy atom. The highest BCUT2D eigenvalue weighted by molar-refractivity contribution is 6.18. The molecule has 7 aromatic carbocycles. The molecule has 0 saturated carbocycles. The van der Waals surface area contributed by atoms with Gasteiger partial charge in [0.05, 0.1) is 16.6 Å². The van der Waals surface area contributed by atoms with E-state index in [0.29, 0.717) is 5.56 Å². The molecule has 316 valence electrons. The summed E-state index contributed by atoms with van der Waals surface area (Å²) in [5, 5.41) is 7.36. The van der Waals surface area contributed by atoms with Gasteiger partial charge in [-0.1, -0.05) is 126 Å². The number of rotatable bonds is 4. The number of carbonyl (C=O) groups excluding carboxylic acids is 1. The minimum Gasteiger partial charge on any atom is -0.354 e. The number of aldehydes is 1. The summed E-state index contributed by atoms with van der Waals surface area (Å²) >= 11 is 0. The van der Waals surface area contributed by atoms with E-state index in [0.717, 1.165) is 61.5 Å². The fraction of sp³-hybridized carbons (Fsp3) is 0.271. The van der Waals surface area contributed by atoms with Gasteiger partial charge in [-0.2, -0.15) is 0 Å². The first kappa shape index (κ1) is 40.7. The molecule has 0 unspecified atom stereocenters. The van der Waals surface area contributed by atoms with E-state index in [-0.39, 0.29) is 21.7 Å². The number of aromatic amines is 3. The molecule has 4 nitrogen and oxygen atoms in total. The van der Waals surface area contributed by atoms with E-state index in [9.17, 15) is 4.79 Å². The van der Waals surface area contributed by atoms with Crippen LogP contribution in [-0.4, -0.2) is 21.2 Å². The molecule has 0 aliphatic rings. The van der Waals surface area contributed by atoms with Gasteiger partial charge in [-0.15, -0.1) is 0 Å². The summed E-state index contributed by atoms with van der Waals surface area (Å²) in [5.41, 5.74) is 19.5. The van der Waals surface area contributed by atoms with Gasteiger partial charge < -0.3 is 15.0 Å². The Morgan fingerprint density at radius 2 is 0.683 bits per heavy atom. The molecule has 0 aliphatic heterocycles. The monoisotopic (exact) mass is 825 g/mol. The average molecular weight is 826 g/mol.